The average Bonchev–Trinajstić information content (AvgIpc) is 3.07. The Labute approximate surface area is 271 Å². The zero-order valence-corrected chi connectivity index (χ0v) is 28.0. The molecule has 0 bridgehead atoms. The maximum atomic E-state index is 14.2. The van der Waals surface area contributed by atoms with Crippen molar-refractivity contribution < 1.29 is 27.5 Å². The highest BCUT2D eigenvalue weighted by molar-refractivity contribution is 7.98. The number of methoxy groups -OCH3 is 1. The Hall–Kier alpha value is -3.70. The molecule has 0 aliphatic heterocycles. The van der Waals surface area contributed by atoms with Crippen LogP contribution in [-0.2, 0) is 26.2 Å². The number of nitrogens with zero attached hydrogens (tertiary/aromatic N) is 2. The monoisotopic (exact) mass is 653 g/mol. The molecule has 1 unspecified atom stereocenters. The Kier molecular flexibility index (Phi) is 12.2. The number of benzene rings is 3. The van der Waals surface area contributed by atoms with E-state index in [9.17, 15) is 18.0 Å². The molecule has 1 saturated carbocycles. The van der Waals surface area contributed by atoms with Crippen molar-refractivity contribution in [2.45, 2.75) is 74.4 Å². The van der Waals surface area contributed by atoms with Crippen LogP contribution < -0.4 is 19.1 Å². The van der Waals surface area contributed by atoms with E-state index in [1.165, 1.54) is 16.7 Å². The molecular formula is C34H43N3O6S2. The summed E-state index contributed by atoms with van der Waals surface area (Å²) in [6, 6.07) is 19.6. The summed E-state index contributed by atoms with van der Waals surface area (Å²) in [5.41, 5.74) is 1.09. The number of hydrogen-bond acceptors (Lipinski definition) is 7. The van der Waals surface area contributed by atoms with E-state index in [-0.39, 0.29) is 23.4 Å². The molecule has 45 heavy (non-hydrogen) atoms. The van der Waals surface area contributed by atoms with Gasteiger partial charge < -0.3 is 19.7 Å². The van der Waals surface area contributed by atoms with Gasteiger partial charge in [-0.25, -0.2) is 8.42 Å². The molecule has 0 saturated heterocycles. The Morgan fingerprint density at radius 2 is 1.56 bits per heavy atom. The number of amides is 2. The highest BCUT2D eigenvalue weighted by Crippen LogP contribution is 2.28. The van der Waals surface area contributed by atoms with Crippen LogP contribution in [0.5, 0.6) is 11.5 Å². The number of carbonyl (C=O) groups is 2. The van der Waals surface area contributed by atoms with Crippen molar-refractivity contribution in [3.05, 3.63) is 78.4 Å². The largest absolute Gasteiger partial charge is 0.497 e. The number of hydrogen-bond donors (Lipinski definition) is 1. The van der Waals surface area contributed by atoms with Gasteiger partial charge in [0.15, 0.2) is 0 Å². The number of rotatable bonds is 14. The fraction of sp³-hybridized carbons (Fsp3) is 0.412. The minimum absolute atomic E-state index is 0.0618. The molecule has 1 N–H and O–H groups in total. The number of carbonyl (C=O) groups excluding carboxylic acids is 2. The van der Waals surface area contributed by atoms with Crippen LogP contribution in [0.2, 0.25) is 0 Å². The van der Waals surface area contributed by atoms with Crippen molar-refractivity contribution in [2.75, 3.05) is 30.8 Å². The molecule has 0 aromatic heterocycles. The second-order valence-electron chi connectivity index (χ2n) is 11.0. The van der Waals surface area contributed by atoms with Crippen molar-refractivity contribution in [3.8, 4) is 11.5 Å². The summed E-state index contributed by atoms with van der Waals surface area (Å²) >= 11 is 1.51. The molecule has 1 fully saturated rings. The Morgan fingerprint density at radius 1 is 0.933 bits per heavy atom. The van der Waals surface area contributed by atoms with E-state index in [0.717, 1.165) is 46.9 Å². The van der Waals surface area contributed by atoms with Gasteiger partial charge in [-0.2, -0.15) is 0 Å². The topological polar surface area (TPSA) is 105 Å². The van der Waals surface area contributed by atoms with Gasteiger partial charge in [0.25, 0.3) is 10.0 Å². The number of nitrogens with one attached hydrogen (secondary N) is 1. The summed E-state index contributed by atoms with van der Waals surface area (Å²) in [5, 5.41) is 3.13. The summed E-state index contributed by atoms with van der Waals surface area (Å²) in [6.45, 7) is 3.63. The number of anilines is 1. The summed E-state index contributed by atoms with van der Waals surface area (Å²) < 4.78 is 40.2. The maximum Gasteiger partial charge on any atom is 0.264 e. The lowest BCUT2D eigenvalue weighted by Gasteiger charge is -2.33. The first-order chi connectivity index (χ1) is 21.7. The van der Waals surface area contributed by atoms with Gasteiger partial charge in [0, 0.05) is 17.5 Å². The molecule has 0 spiro atoms. The molecule has 0 heterocycles. The van der Waals surface area contributed by atoms with Crippen molar-refractivity contribution in [2.24, 2.45) is 0 Å². The zero-order valence-electron chi connectivity index (χ0n) is 26.4. The predicted octanol–water partition coefficient (Wildman–Crippen LogP) is 5.88. The Bertz CT molecular complexity index is 1510. The first-order valence-electron chi connectivity index (χ1n) is 15.3. The molecule has 2 amide bonds. The van der Waals surface area contributed by atoms with Gasteiger partial charge >= 0.3 is 0 Å². The van der Waals surface area contributed by atoms with Gasteiger partial charge in [0.05, 0.1) is 24.3 Å². The zero-order chi connectivity index (χ0) is 32.4. The third kappa shape index (κ3) is 8.94. The third-order valence-corrected chi connectivity index (χ3v) is 10.5. The van der Waals surface area contributed by atoms with Crippen LogP contribution in [0.15, 0.2) is 82.6 Å². The van der Waals surface area contributed by atoms with Crippen molar-refractivity contribution in [1.82, 2.24) is 10.2 Å². The molecule has 11 heteroatoms. The van der Waals surface area contributed by atoms with E-state index in [1.807, 2.05) is 25.3 Å². The van der Waals surface area contributed by atoms with Gasteiger partial charge in [0.2, 0.25) is 11.8 Å². The fourth-order valence-electron chi connectivity index (χ4n) is 5.36. The normalized spacial score (nSPS) is 14.3. The van der Waals surface area contributed by atoms with Crippen LogP contribution in [0.1, 0.15) is 51.5 Å². The Balaban J connectivity index is 1.68. The van der Waals surface area contributed by atoms with Crippen molar-refractivity contribution in [3.63, 3.8) is 0 Å². The van der Waals surface area contributed by atoms with E-state index in [0.29, 0.717) is 23.8 Å². The van der Waals surface area contributed by atoms with Crippen LogP contribution in [0.4, 0.5) is 5.69 Å². The molecule has 1 aliphatic carbocycles. The third-order valence-electron chi connectivity index (χ3n) is 7.99. The molecule has 1 aliphatic rings. The lowest BCUT2D eigenvalue weighted by atomic mass is 9.95. The SMILES string of the molecule is CCOc1ccc(N(CC(=O)N(Cc2ccc(OC)cc2)C(C)C(=O)NC2CCCCC2)S(=O)(=O)c2ccc(SC)cc2)cc1. The van der Waals surface area contributed by atoms with Crippen LogP contribution >= 0.6 is 11.8 Å². The predicted molar refractivity (Wildman–Crippen MR) is 178 cm³/mol. The van der Waals surface area contributed by atoms with Gasteiger partial charge in [-0.05, 0) is 99.2 Å². The minimum Gasteiger partial charge on any atom is -0.497 e. The van der Waals surface area contributed by atoms with Gasteiger partial charge in [-0.1, -0.05) is 31.4 Å². The standard InChI is InChI=1S/C34H43N3O6S2/c1-5-43-30-17-13-28(14-18-30)37(45(40,41)32-21-19-31(44-4)20-22-32)24-33(38)36(23-26-11-15-29(42-3)16-12-26)25(2)34(39)35-27-9-7-6-8-10-27/h11-22,25,27H,5-10,23-24H2,1-4H3,(H,35,39). The Morgan fingerprint density at radius 3 is 2.13 bits per heavy atom. The second kappa shape index (κ2) is 16.0. The number of sulfonamides is 1. The van der Waals surface area contributed by atoms with Crippen LogP contribution in [0, 0.1) is 0 Å². The van der Waals surface area contributed by atoms with Gasteiger partial charge in [-0.3, -0.25) is 13.9 Å². The molecule has 1 atom stereocenters. The van der Waals surface area contributed by atoms with E-state index in [1.54, 1.807) is 74.7 Å². The number of ether oxygens (including phenoxy) is 2. The summed E-state index contributed by atoms with van der Waals surface area (Å²) in [7, 11) is -2.59. The van der Waals surface area contributed by atoms with E-state index >= 15 is 0 Å². The molecular weight excluding hydrogens is 611 g/mol. The smallest absolute Gasteiger partial charge is 0.264 e. The fourth-order valence-corrected chi connectivity index (χ4v) is 7.18. The van der Waals surface area contributed by atoms with E-state index in [2.05, 4.69) is 5.32 Å². The van der Waals surface area contributed by atoms with Gasteiger partial charge in [-0.15, -0.1) is 11.8 Å². The lowest BCUT2D eigenvalue weighted by Crippen LogP contribution is -2.53. The summed E-state index contributed by atoms with van der Waals surface area (Å²) in [5.74, 6) is 0.491. The molecule has 3 aromatic rings. The van der Waals surface area contributed by atoms with E-state index in [4.69, 9.17) is 9.47 Å². The van der Waals surface area contributed by atoms with Crippen molar-refractivity contribution in [1.29, 1.82) is 0 Å². The lowest BCUT2D eigenvalue weighted by molar-refractivity contribution is -0.139. The first-order valence-corrected chi connectivity index (χ1v) is 17.9. The highest BCUT2D eigenvalue weighted by atomic mass is 32.2. The molecule has 3 aromatic carbocycles. The molecule has 4 rings (SSSR count). The van der Waals surface area contributed by atoms with Crippen molar-refractivity contribution >= 4 is 39.3 Å². The molecule has 0 radical (unpaired) electrons. The maximum absolute atomic E-state index is 14.2. The highest BCUT2D eigenvalue weighted by Gasteiger charge is 2.33. The van der Waals surface area contributed by atoms with E-state index < -0.39 is 28.5 Å². The van der Waals surface area contributed by atoms with Gasteiger partial charge in [0.1, 0.15) is 24.1 Å². The first kappa shape index (κ1) is 34.2. The van der Waals surface area contributed by atoms with Crippen LogP contribution in [0.25, 0.3) is 0 Å². The summed E-state index contributed by atoms with van der Waals surface area (Å²) in [4.78, 5) is 30.2. The quantitative estimate of drug-likeness (QED) is 0.217. The summed E-state index contributed by atoms with van der Waals surface area (Å²) in [6.07, 6.45) is 6.99. The van der Waals surface area contributed by atoms with Crippen LogP contribution in [-0.4, -0.2) is 63.7 Å². The minimum atomic E-state index is -4.16. The molecule has 242 valence electrons. The molecule has 9 nitrogen and oxygen atoms in total. The average molecular weight is 654 g/mol. The second-order valence-corrected chi connectivity index (χ2v) is 13.7. The van der Waals surface area contributed by atoms with Crippen LogP contribution in [0.3, 0.4) is 0 Å². The number of thioether (sulfide) groups is 1.